The van der Waals surface area contributed by atoms with Crippen molar-refractivity contribution in [1.82, 2.24) is 15.0 Å². The van der Waals surface area contributed by atoms with Crippen molar-refractivity contribution in [2.24, 2.45) is 0 Å². The third kappa shape index (κ3) is 2.27. The van der Waals surface area contributed by atoms with Crippen LogP contribution in [-0.4, -0.2) is 15.0 Å². The Balaban J connectivity index is 2.14. The molecule has 3 aromatic rings. The number of hydrogen-bond acceptors (Lipinski definition) is 3. The molecule has 0 saturated heterocycles. The zero-order chi connectivity index (χ0) is 14.1. The summed E-state index contributed by atoms with van der Waals surface area (Å²) >= 11 is 0. The summed E-state index contributed by atoms with van der Waals surface area (Å²) in [7, 11) is 0. The minimum atomic E-state index is 0.494. The van der Waals surface area contributed by atoms with Crippen LogP contribution in [0.25, 0.3) is 22.0 Å². The van der Waals surface area contributed by atoms with Crippen molar-refractivity contribution in [3.8, 4) is 11.3 Å². The van der Waals surface area contributed by atoms with Crippen LogP contribution < -0.4 is 0 Å². The molecule has 100 valence electrons. The maximum atomic E-state index is 4.57. The molecule has 0 aliphatic rings. The Bertz CT molecular complexity index is 746. The lowest BCUT2D eigenvalue weighted by atomic mass is 9.97. The van der Waals surface area contributed by atoms with Gasteiger partial charge in [0.1, 0.15) is 5.82 Å². The van der Waals surface area contributed by atoms with Crippen LogP contribution in [0.1, 0.15) is 31.2 Å². The van der Waals surface area contributed by atoms with Gasteiger partial charge in [-0.15, -0.1) is 0 Å². The van der Waals surface area contributed by atoms with E-state index in [9.17, 15) is 0 Å². The first kappa shape index (κ1) is 12.7. The van der Waals surface area contributed by atoms with E-state index in [1.165, 1.54) is 16.3 Å². The Labute approximate surface area is 118 Å². The monoisotopic (exact) mass is 263 g/mol. The summed E-state index contributed by atoms with van der Waals surface area (Å²) in [5.74, 6) is 1.27. The number of rotatable bonds is 2. The molecule has 0 atom stereocenters. The van der Waals surface area contributed by atoms with Gasteiger partial charge in [0.05, 0.1) is 5.69 Å². The van der Waals surface area contributed by atoms with Gasteiger partial charge in [-0.25, -0.2) is 9.97 Å². The third-order valence-corrected chi connectivity index (χ3v) is 3.50. The van der Waals surface area contributed by atoms with E-state index in [0.717, 1.165) is 17.1 Å². The second-order valence-electron chi connectivity index (χ2n) is 5.31. The Morgan fingerprint density at radius 2 is 1.70 bits per heavy atom. The van der Waals surface area contributed by atoms with Gasteiger partial charge < -0.3 is 0 Å². The molecule has 0 aliphatic carbocycles. The quantitative estimate of drug-likeness (QED) is 0.698. The van der Waals surface area contributed by atoms with E-state index in [0.29, 0.717) is 5.92 Å². The first-order valence-electron chi connectivity index (χ1n) is 6.83. The maximum absolute atomic E-state index is 4.57. The number of nitrogens with zero attached hydrogens (tertiary/aromatic N) is 3. The average Bonchev–Trinajstić information content (AvgIpc) is 2.46. The Hall–Kier alpha value is -2.29. The molecule has 0 saturated carbocycles. The zero-order valence-corrected chi connectivity index (χ0v) is 12.0. The Kier molecular flexibility index (Phi) is 3.18. The lowest BCUT2D eigenvalue weighted by Crippen LogP contribution is -1.93. The fourth-order valence-corrected chi connectivity index (χ4v) is 2.38. The van der Waals surface area contributed by atoms with Crippen molar-refractivity contribution in [1.29, 1.82) is 0 Å². The van der Waals surface area contributed by atoms with Crippen LogP contribution in [0.2, 0.25) is 0 Å². The van der Waals surface area contributed by atoms with Gasteiger partial charge >= 0.3 is 0 Å². The van der Waals surface area contributed by atoms with Crippen molar-refractivity contribution in [2.75, 3.05) is 0 Å². The summed E-state index contributed by atoms with van der Waals surface area (Å²) in [6.45, 7) is 6.29. The molecule has 0 unspecified atom stereocenters. The number of aryl methyl sites for hydroxylation is 1. The summed E-state index contributed by atoms with van der Waals surface area (Å²) in [5, 5.41) is 2.43. The molecule has 0 spiro atoms. The van der Waals surface area contributed by atoms with E-state index in [1.807, 2.05) is 25.5 Å². The molecule has 0 N–H and O–H groups in total. The lowest BCUT2D eigenvalue weighted by molar-refractivity contribution is 0.876. The first-order valence-corrected chi connectivity index (χ1v) is 6.83. The number of fused-ring (bicyclic) bond motifs is 1. The van der Waals surface area contributed by atoms with Gasteiger partial charge in [0.2, 0.25) is 0 Å². The second-order valence-corrected chi connectivity index (χ2v) is 5.31. The van der Waals surface area contributed by atoms with Gasteiger partial charge in [-0.3, -0.25) is 4.98 Å². The molecule has 0 aliphatic heterocycles. The molecule has 0 bridgehead atoms. The Morgan fingerprint density at radius 1 is 0.950 bits per heavy atom. The van der Waals surface area contributed by atoms with Crippen LogP contribution >= 0.6 is 0 Å². The third-order valence-electron chi connectivity index (χ3n) is 3.50. The van der Waals surface area contributed by atoms with Crippen LogP contribution in [0.5, 0.6) is 0 Å². The van der Waals surface area contributed by atoms with E-state index < -0.39 is 0 Å². The molecule has 2 aromatic heterocycles. The van der Waals surface area contributed by atoms with Crippen LogP contribution in [0.3, 0.4) is 0 Å². The highest BCUT2D eigenvalue weighted by atomic mass is 14.9. The van der Waals surface area contributed by atoms with Crippen LogP contribution in [0.15, 0.2) is 42.9 Å². The molecule has 0 radical (unpaired) electrons. The second kappa shape index (κ2) is 5.00. The van der Waals surface area contributed by atoms with Crippen molar-refractivity contribution in [3.05, 3.63) is 54.2 Å². The fraction of sp³-hybridized carbons (Fsp3) is 0.235. The molecule has 2 heterocycles. The van der Waals surface area contributed by atoms with Crippen LogP contribution in [0, 0.1) is 6.92 Å². The highest BCUT2D eigenvalue weighted by molar-refractivity contribution is 5.88. The van der Waals surface area contributed by atoms with Crippen molar-refractivity contribution >= 4 is 10.8 Å². The first-order chi connectivity index (χ1) is 9.65. The SMILES string of the molecule is Cc1ncc(-c2cc3cccc(C(C)C)c3cn2)cn1. The number of pyridine rings is 1. The van der Waals surface area contributed by atoms with Crippen LogP contribution in [-0.2, 0) is 0 Å². The molecule has 0 amide bonds. The summed E-state index contributed by atoms with van der Waals surface area (Å²) in [6, 6.07) is 8.51. The maximum Gasteiger partial charge on any atom is 0.125 e. The van der Waals surface area contributed by atoms with E-state index in [2.05, 4.69) is 53.1 Å². The molecular formula is C17H17N3. The number of benzene rings is 1. The van der Waals surface area contributed by atoms with Crippen molar-refractivity contribution < 1.29 is 0 Å². The molecule has 3 nitrogen and oxygen atoms in total. The summed E-state index contributed by atoms with van der Waals surface area (Å²) in [6.07, 6.45) is 5.60. The zero-order valence-electron chi connectivity index (χ0n) is 12.0. The van der Waals surface area contributed by atoms with Gasteiger partial charge in [0, 0.05) is 29.5 Å². The minimum Gasteiger partial charge on any atom is -0.255 e. The van der Waals surface area contributed by atoms with Gasteiger partial charge in [0.15, 0.2) is 0 Å². The number of hydrogen-bond donors (Lipinski definition) is 0. The van der Waals surface area contributed by atoms with Gasteiger partial charge in [0.25, 0.3) is 0 Å². The fourth-order valence-electron chi connectivity index (χ4n) is 2.38. The largest absolute Gasteiger partial charge is 0.255 e. The molecule has 0 fully saturated rings. The van der Waals surface area contributed by atoms with Gasteiger partial charge in [-0.2, -0.15) is 0 Å². The van der Waals surface area contributed by atoms with Crippen molar-refractivity contribution in [3.63, 3.8) is 0 Å². The van der Waals surface area contributed by atoms with E-state index in [-0.39, 0.29) is 0 Å². The molecule has 20 heavy (non-hydrogen) atoms. The van der Waals surface area contributed by atoms with E-state index in [1.54, 1.807) is 0 Å². The smallest absolute Gasteiger partial charge is 0.125 e. The average molecular weight is 263 g/mol. The summed E-state index contributed by atoms with van der Waals surface area (Å²) < 4.78 is 0. The Morgan fingerprint density at radius 3 is 2.40 bits per heavy atom. The van der Waals surface area contributed by atoms with Crippen LogP contribution in [0.4, 0.5) is 0 Å². The lowest BCUT2D eigenvalue weighted by Gasteiger charge is -2.10. The topological polar surface area (TPSA) is 38.7 Å². The molecule has 3 rings (SSSR count). The molecule has 1 aromatic carbocycles. The van der Waals surface area contributed by atoms with Gasteiger partial charge in [-0.1, -0.05) is 32.0 Å². The summed E-state index contributed by atoms with van der Waals surface area (Å²) in [4.78, 5) is 13.0. The standard InChI is InChI=1S/C17H17N3/c1-11(2)15-6-4-5-13-7-17(20-10-16(13)15)14-8-18-12(3)19-9-14/h4-11H,1-3H3. The molecular weight excluding hydrogens is 246 g/mol. The normalized spacial score (nSPS) is 11.2. The highest BCUT2D eigenvalue weighted by Gasteiger charge is 2.07. The van der Waals surface area contributed by atoms with Gasteiger partial charge in [-0.05, 0) is 29.9 Å². The summed E-state index contributed by atoms with van der Waals surface area (Å²) in [5.41, 5.74) is 3.20. The predicted octanol–water partition coefficient (Wildman–Crippen LogP) is 4.12. The van der Waals surface area contributed by atoms with Crippen molar-refractivity contribution in [2.45, 2.75) is 26.7 Å². The minimum absolute atomic E-state index is 0.494. The van der Waals surface area contributed by atoms with E-state index in [4.69, 9.17) is 0 Å². The number of aromatic nitrogens is 3. The predicted molar refractivity (Wildman–Crippen MR) is 81.6 cm³/mol. The van der Waals surface area contributed by atoms with E-state index >= 15 is 0 Å². The highest BCUT2D eigenvalue weighted by Crippen LogP contribution is 2.27. The molecule has 3 heteroatoms.